The van der Waals surface area contributed by atoms with Crippen LogP contribution in [0.3, 0.4) is 0 Å². The van der Waals surface area contributed by atoms with Gasteiger partial charge >= 0.3 is 0 Å². The summed E-state index contributed by atoms with van der Waals surface area (Å²) in [6.07, 6.45) is 0.735. The first-order chi connectivity index (χ1) is 7.02. The molecular weight excluding hydrogens is 236 g/mol. The summed E-state index contributed by atoms with van der Waals surface area (Å²) in [5, 5.41) is -0.508. The lowest BCUT2D eigenvalue weighted by atomic mass is 10.4. The van der Waals surface area contributed by atoms with Gasteiger partial charge in [0.05, 0.1) is 4.90 Å². The largest absolute Gasteiger partial charge is 0.302 e. The lowest BCUT2D eigenvalue weighted by molar-refractivity contribution is -0.107. The Hall–Kier alpha value is -0.870. The Kier molecular flexibility index (Phi) is 3.88. The summed E-state index contributed by atoms with van der Waals surface area (Å²) < 4.78 is 23.7. The van der Waals surface area contributed by atoms with Crippen LogP contribution in [0, 0.1) is 0 Å². The van der Waals surface area contributed by atoms with E-state index in [0.29, 0.717) is 11.3 Å². The summed E-state index contributed by atoms with van der Waals surface area (Å²) in [6.45, 7) is 1.66. The van der Waals surface area contributed by atoms with E-state index >= 15 is 0 Å². The van der Waals surface area contributed by atoms with E-state index in [2.05, 4.69) is 0 Å². The average Bonchev–Trinajstić information content (AvgIpc) is 2.19. The maximum atomic E-state index is 11.8. The van der Waals surface area contributed by atoms with Crippen LogP contribution in [0.4, 0.5) is 0 Å². The van der Waals surface area contributed by atoms with Crippen molar-refractivity contribution in [2.45, 2.75) is 23.5 Å². The van der Waals surface area contributed by atoms with E-state index in [9.17, 15) is 13.2 Å². The molecule has 0 amide bonds. The van der Waals surface area contributed by atoms with Crippen molar-refractivity contribution in [1.82, 2.24) is 0 Å². The van der Waals surface area contributed by atoms with Gasteiger partial charge in [0.15, 0.2) is 9.84 Å². The molecule has 5 heteroatoms. The van der Waals surface area contributed by atoms with E-state index in [-0.39, 0.29) is 11.3 Å². The fraction of sp³-hybridized carbons (Fsp3) is 0.300. The van der Waals surface area contributed by atoms with Crippen molar-refractivity contribution < 1.29 is 13.2 Å². The molecule has 3 nitrogen and oxygen atoms in total. The first-order valence-corrected chi connectivity index (χ1v) is 6.39. The zero-order chi connectivity index (χ0) is 11.5. The van der Waals surface area contributed by atoms with Gasteiger partial charge in [-0.25, -0.2) is 8.42 Å². The third kappa shape index (κ3) is 2.58. The second kappa shape index (κ2) is 4.77. The molecule has 0 heterocycles. The van der Waals surface area contributed by atoms with Crippen LogP contribution in [-0.2, 0) is 14.6 Å². The predicted octanol–water partition coefficient (Wildman–Crippen LogP) is 2.09. The van der Waals surface area contributed by atoms with Crippen LogP contribution in [0.25, 0.3) is 0 Å². The summed E-state index contributed by atoms with van der Waals surface area (Å²) in [4.78, 5) is 10.7. The Labute approximate surface area is 94.0 Å². The maximum Gasteiger partial charge on any atom is 0.188 e. The third-order valence-electron chi connectivity index (χ3n) is 2.09. The van der Waals surface area contributed by atoms with Crippen LogP contribution in [0.15, 0.2) is 29.2 Å². The molecule has 15 heavy (non-hydrogen) atoms. The zero-order valence-corrected chi connectivity index (χ0v) is 9.75. The van der Waals surface area contributed by atoms with Crippen molar-refractivity contribution in [3.05, 3.63) is 29.3 Å². The van der Waals surface area contributed by atoms with Gasteiger partial charge in [0, 0.05) is 5.02 Å². The number of aldehydes is 1. The molecule has 0 saturated carbocycles. The smallest absolute Gasteiger partial charge is 0.188 e. The van der Waals surface area contributed by atoms with Gasteiger partial charge in [-0.15, -0.1) is 0 Å². The summed E-state index contributed by atoms with van der Waals surface area (Å²) in [7, 11) is -3.54. The van der Waals surface area contributed by atoms with Gasteiger partial charge in [0.2, 0.25) is 0 Å². The standard InChI is InChI=1S/C10H11ClO3S/c1-2-9(7-12)15(13,14)10-5-3-8(11)4-6-10/h3-7,9H,2H2,1H3. The normalized spacial score (nSPS) is 13.5. The van der Waals surface area contributed by atoms with Crippen LogP contribution < -0.4 is 0 Å². The molecule has 0 radical (unpaired) electrons. The van der Waals surface area contributed by atoms with E-state index in [1.807, 2.05) is 0 Å². The Balaban J connectivity index is 3.16. The number of carbonyl (C=O) groups excluding carboxylic acids is 1. The molecule has 0 spiro atoms. The number of carbonyl (C=O) groups is 1. The van der Waals surface area contributed by atoms with Crippen LogP contribution in [0.5, 0.6) is 0 Å². The Morgan fingerprint density at radius 1 is 1.33 bits per heavy atom. The first kappa shape index (κ1) is 12.2. The highest BCUT2D eigenvalue weighted by Crippen LogP contribution is 2.19. The predicted molar refractivity (Wildman–Crippen MR) is 58.8 cm³/mol. The Morgan fingerprint density at radius 2 is 1.87 bits per heavy atom. The Morgan fingerprint density at radius 3 is 2.27 bits per heavy atom. The lowest BCUT2D eigenvalue weighted by Crippen LogP contribution is -2.21. The molecule has 0 aliphatic carbocycles. The van der Waals surface area contributed by atoms with Gasteiger partial charge < -0.3 is 4.79 Å². The highest BCUT2D eigenvalue weighted by Gasteiger charge is 2.25. The third-order valence-corrected chi connectivity index (χ3v) is 4.52. The summed E-state index contributed by atoms with van der Waals surface area (Å²) in [5.74, 6) is 0. The molecule has 1 rings (SSSR count). The molecule has 0 N–H and O–H groups in total. The van der Waals surface area contributed by atoms with E-state index in [4.69, 9.17) is 11.6 Å². The number of rotatable bonds is 4. The molecule has 1 unspecified atom stereocenters. The monoisotopic (exact) mass is 246 g/mol. The van der Waals surface area contributed by atoms with Crippen molar-refractivity contribution in [2.75, 3.05) is 0 Å². The molecular formula is C10H11ClO3S. The quantitative estimate of drug-likeness (QED) is 0.765. The Bertz CT molecular complexity index is 436. The van der Waals surface area contributed by atoms with E-state index in [1.54, 1.807) is 6.92 Å². The molecule has 0 aliphatic heterocycles. The van der Waals surface area contributed by atoms with Gasteiger partial charge in [-0.05, 0) is 30.7 Å². The second-order valence-electron chi connectivity index (χ2n) is 3.08. The number of halogens is 1. The number of sulfone groups is 1. The van der Waals surface area contributed by atoms with Crippen LogP contribution in [0.1, 0.15) is 13.3 Å². The van der Waals surface area contributed by atoms with Crippen LogP contribution >= 0.6 is 11.6 Å². The first-order valence-electron chi connectivity index (χ1n) is 4.47. The minimum absolute atomic E-state index is 0.130. The minimum Gasteiger partial charge on any atom is -0.302 e. The molecule has 1 aromatic carbocycles. The fourth-order valence-corrected chi connectivity index (χ4v) is 2.76. The highest BCUT2D eigenvalue weighted by molar-refractivity contribution is 7.92. The molecule has 82 valence electrons. The van der Waals surface area contributed by atoms with Crippen molar-refractivity contribution in [2.24, 2.45) is 0 Å². The topological polar surface area (TPSA) is 51.2 Å². The second-order valence-corrected chi connectivity index (χ2v) is 5.69. The zero-order valence-electron chi connectivity index (χ0n) is 8.18. The van der Waals surface area contributed by atoms with Crippen LogP contribution in [0.2, 0.25) is 5.02 Å². The number of hydrogen-bond acceptors (Lipinski definition) is 3. The van der Waals surface area contributed by atoms with Crippen LogP contribution in [-0.4, -0.2) is 20.0 Å². The lowest BCUT2D eigenvalue weighted by Gasteiger charge is -2.09. The van der Waals surface area contributed by atoms with Gasteiger partial charge in [-0.1, -0.05) is 18.5 Å². The van der Waals surface area contributed by atoms with Crippen molar-refractivity contribution in [3.8, 4) is 0 Å². The van der Waals surface area contributed by atoms with Gasteiger partial charge in [0.25, 0.3) is 0 Å². The molecule has 0 fully saturated rings. The van der Waals surface area contributed by atoms with E-state index in [0.717, 1.165) is 0 Å². The van der Waals surface area contributed by atoms with E-state index in [1.165, 1.54) is 24.3 Å². The SMILES string of the molecule is CCC(C=O)S(=O)(=O)c1ccc(Cl)cc1. The van der Waals surface area contributed by atoms with Gasteiger partial charge in [-0.3, -0.25) is 0 Å². The summed E-state index contributed by atoms with van der Waals surface area (Å²) >= 11 is 5.64. The van der Waals surface area contributed by atoms with Crippen molar-refractivity contribution in [3.63, 3.8) is 0 Å². The number of hydrogen-bond donors (Lipinski definition) is 0. The summed E-state index contributed by atoms with van der Waals surface area (Å²) in [6, 6.07) is 5.80. The molecule has 0 aromatic heterocycles. The average molecular weight is 247 g/mol. The minimum atomic E-state index is -3.54. The van der Waals surface area contributed by atoms with Gasteiger partial charge in [0.1, 0.15) is 11.5 Å². The molecule has 0 aliphatic rings. The molecule has 0 saturated heterocycles. The van der Waals surface area contributed by atoms with Crippen molar-refractivity contribution in [1.29, 1.82) is 0 Å². The molecule has 1 atom stereocenters. The van der Waals surface area contributed by atoms with Crippen molar-refractivity contribution >= 4 is 27.7 Å². The van der Waals surface area contributed by atoms with E-state index < -0.39 is 15.1 Å². The maximum absolute atomic E-state index is 11.8. The summed E-state index contributed by atoms with van der Waals surface area (Å²) in [5.41, 5.74) is 0. The highest BCUT2D eigenvalue weighted by atomic mass is 35.5. The molecule has 1 aromatic rings. The van der Waals surface area contributed by atoms with Gasteiger partial charge in [-0.2, -0.15) is 0 Å². The molecule has 0 bridgehead atoms. The number of benzene rings is 1. The fourth-order valence-electron chi connectivity index (χ4n) is 1.19.